The Labute approximate surface area is 163 Å². The summed E-state index contributed by atoms with van der Waals surface area (Å²) >= 11 is 0. The normalized spacial score (nSPS) is 42.9. The SMILES string of the molecule is COC(=O)[C@@H]1C[C@@H](N)C(=O)C2[C@@]3(C)C[C@@H](c4ccoc4)OC(=O)C3CC[C@]21C. The van der Waals surface area contributed by atoms with Crippen molar-refractivity contribution in [2.45, 2.75) is 51.7 Å². The van der Waals surface area contributed by atoms with Gasteiger partial charge in [-0.2, -0.15) is 0 Å². The molecule has 0 amide bonds. The highest BCUT2D eigenvalue weighted by molar-refractivity contribution is 5.92. The highest BCUT2D eigenvalue weighted by Crippen LogP contribution is 2.64. The molecule has 1 aliphatic heterocycles. The Bertz CT molecular complexity index is 804. The van der Waals surface area contributed by atoms with Gasteiger partial charge in [-0.1, -0.05) is 13.8 Å². The number of fused-ring (bicyclic) bond motifs is 3. The summed E-state index contributed by atoms with van der Waals surface area (Å²) in [6.45, 7) is 3.97. The molecule has 0 aromatic carbocycles. The second kappa shape index (κ2) is 6.44. The van der Waals surface area contributed by atoms with Crippen molar-refractivity contribution in [2.24, 2.45) is 34.3 Å². The molecule has 2 heterocycles. The number of ether oxygens (including phenoxy) is 2. The van der Waals surface area contributed by atoms with Gasteiger partial charge in [-0.25, -0.2) is 0 Å². The Balaban J connectivity index is 1.79. The number of carbonyl (C=O) groups is 3. The average Bonchev–Trinajstić information content (AvgIpc) is 3.18. The number of carbonyl (C=O) groups excluding carboxylic acids is 3. The van der Waals surface area contributed by atoms with Crippen LogP contribution >= 0.6 is 0 Å². The minimum absolute atomic E-state index is 0.0597. The smallest absolute Gasteiger partial charge is 0.310 e. The third kappa shape index (κ3) is 2.55. The molecule has 0 radical (unpaired) electrons. The Morgan fingerprint density at radius 2 is 2.04 bits per heavy atom. The molecule has 2 unspecified atom stereocenters. The summed E-state index contributed by atoms with van der Waals surface area (Å²) in [6.07, 6.45) is 4.58. The van der Waals surface area contributed by atoms with Gasteiger partial charge < -0.3 is 19.6 Å². The number of ketones is 1. The molecule has 7 atom stereocenters. The zero-order valence-corrected chi connectivity index (χ0v) is 16.5. The van der Waals surface area contributed by atoms with E-state index in [0.29, 0.717) is 19.3 Å². The molecule has 1 aromatic heterocycles. The highest BCUT2D eigenvalue weighted by Gasteiger charge is 2.66. The number of nitrogens with two attached hydrogens (primary N) is 1. The maximum absolute atomic E-state index is 13.3. The second-order valence-corrected chi connectivity index (χ2v) is 9.04. The van der Waals surface area contributed by atoms with Crippen molar-refractivity contribution >= 4 is 17.7 Å². The minimum Gasteiger partial charge on any atom is -0.472 e. The summed E-state index contributed by atoms with van der Waals surface area (Å²) < 4.78 is 15.9. The first-order chi connectivity index (χ1) is 13.2. The van der Waals surface area contributed by atoms with Crippen LogP contribution in [0.2, 0.25) is 0 Å². The summed E-state index contributed by atoms with van der Waals surface area (Å²) in [7, 11) is 1.36. The van der Waals surface area contributed by atoms with Crippen LogP contribution in [0.15, 0.2) is 23.0 Å². The lowest BCUT2D eigenvalue weighted by molar-refractivity contribution is -0.203. The van der Waals surface area contributed by atoms with Crippen LogP contribution in [-0.2, 0) is 23.9 Å². The molecule has 1 aromatic rings. The van der Waals surface area contributed by atoms with E-state index in [4.69, 9.17) is 19.6 Å². The van der Waals surface area contributed by atoms with E-state index in [1.807, 2.05) is 13.8 Å². The van der Waals surface area contributed by atoms with Crippen LogP contribution < -0.4 is 5.73 Å². The van der Waals surface area contributed by atoms with E-state index in [1.165, 1.54) is 13.4 Å². The van der Waals surface area contributed by atoms with E-state index < -0.39 is 34.8 Å². The molecule has 4 rings (SSSR count). The first-order valence-corrected chi connectivity index (χ1v) is 9.82. The molecule has 2 aliphatic carbocycles. The highest BCUT2D eigenvalue weighted by atomic mass is 16.5. The Kier molecular flexibility index (Phi) is 4.41. The molecule has 2 saturated carbocycles. The molecular weight excluding hydrogens is 362 g/mol. The van der Waals surface area contributed by atoms with Crippen molar-refractivity contribution in [1.82, 2.24) is 0 Å². The quantitative estimate of drug-likeness (QED) is 0.774. The van der Waals surface area contributed by atoms with Crippen molar-refractivity contribution in [3.05, 3.63) is 24.2 Å². The lowest BCUT2D eigenvalue weighted by Crippen LogP contribution is -2.65. The van der Waals surface area contributed by atoms with Crippen LogP contribution in [0.25, 0.3) is 0 Å². The number of esters is 2. The fourth-order valence-electron chi connectivity index (χ4n) is 6.23. The fraction of sp³-hybridized carbons (Fsp3) is 0.667. The molecule has 0 bridgehead atoms. The fourth-order valence-corrected chi connectivity index (χ4v) is 6.23. The van der Waals surface area contributed by atoms with E-state index in [1.54, 1.807) is 12.3 Å². The van der Waals surface area contributed by atoms with Gasteiger partial charge in [0.2, 0.25) is 0 Å². The monoisotopic (exact) mass is 389 g/mol. The topological polar surface area (TPSA) is 109 Å². The van der Waals surface area contributed by atoms with Crippen molar-refractivity contribution in [1.29, 1.82) is 0 Å². The van der Waals surface area contributed by atoms with Crippen LogP contribution in [0, 0.1) is 28.6 Å². The first-order valence-electron chi connectivity index (χ1n) is 9.82. The van der Waals surface area contributed by atoms with E-state index in [2.05, 4.69) is 0 Å². The molecule has 7 nitrogen and oxygen atoms in total. The molecule has 3 aliphatic rings. The van der Waals surface area contributed by atoms with Gasteiger partial charge in [0.1, 0.15) is 6.10 Å². The number of methoxy groups -OCH3 is 1. The predicted octanol–water partition coefficient (Wildman–Crippen LogP) is 2.40. The molecule has 28 heavy (non-hydrogen) atoms. The molecule has 3 fully saturated rings. The van der Waals surface area contributed by atoms with Gasteiger partial charge in [0, 0.05) is 11.5 Å². The maximum Gasteiger partial charge on any atom is 0.310 e. The zero-order chi connectivity index (χ0) is 20.3. The number of Topliss-reactive ketones (excluding diaryl/α,β-unsaturated/α-hetero) is 1. The van der Waals surface area contributed by atoms with E-state index in [0.717, 1.165) is 5.56 Å². The summed E-state index contributed by atoms with van der Waals surface area (Å²) in [5.41, 5.74) is 5.72. The van der Waals surface area contributed by atoms with Crippen molar-refractivity contribution in [2.75, 3.05) is 7.11 Å². The van der Waals surface area contributed by atoms with Crippen LogP contribution in [0.1, 0.15) is 51.2 Å². The summed E-state index contributed by atoms with van der Waals surface area (Å²) in [6, 6.07) is 1.04. The Morgan fingerprint density at radius 3 is 2.68 bits per heavy atom. The summed E-state index contributed by atoms with van der Waals surface area (Å²) in [4.78, 5) is 38.8. The third-order valence-corrected chi connectivity index (χ3v) is 7.59. The minimum atomic E-state index is -0.733. The van der Waals surface area contributed by atoms with Crippen molar-refractivity contribution in [3.63, 3.8) is 0 Å². The lowest BCUT2D eigenvalue weighted by atomic mass is 9.43. The van der Waals surface area contributed by atoms with Crippen LogP contribution in [-0.4, -0.2) is 30.9 Å². The third-order valence-electron chi connectivity index (χ3n) is 7.59. The van der Waals surface area contributed by atoms with E-state index in [-0.39, 0.29) is 30.1 Å². The number of hydrogen-bond acceptors (Lipinski definition) is 7. The van der Waals surface area contributed by atoms with Crippen molar-refractivity contribution < 1.29 is 28.3 Å². The van der Waals surface area contributed by atoms with Gasteiger partial charge in [-0.3, -0.25) is 14.4 Å². The number of hydrogen-bond donors (Lipinski definition) is 1. The van der Waals surface area contributed by atoms with E-state index in [9.17, 15) is 14.4 Å². The van der Waals surface area contributed by atoms with E-state index >= 15 is 0 Å². The van der Waals surface area contributed by atoms with Gasteiger partial charge in [0.25, 0.3) is 0 Å². The van der Waals surface area contributed by atoms with Gasteiger partial charge >= 0.3 is 11.9 Å². The number of cyclic esters (lactones) is 1. The van der Waals surface area contributed by atoms with Crippen LogP contribution in [0.5, 0.6) is 0 Å². The van der Waals surface area contributed by atoms with Gasteiger partial charge in [-0.15, -0.1) is 0 Å². The molecule has 0 spiro atoms. The maximum atomic E-state index is 13.3. The lowest BCUT2D eigenvalue weighted by Gasteiger charge is -2.61. The number of furan rings is 1. The first kappa shape index (κ1) is 19.2. The van der Waals surface area contributed by atoms with Crippen LogP contribution in [0.3, 0.4) is 0 Å². The van der Waals surface area contributed by atoms with Crippen LogP contribution in [0.4, 0.5) is 0 Å². The largest absolute Gasteiger partial charge is 0.472 e. The van der Waals surface area contributed by atoms with Crippen molar-refractivity contribution in [3.8, 4) is 0 Å². The Hall–Kier alpha value is -2.15. The van der Waals surface area contributed by atoms with Gasteiger partial charge in [-0.05, 0) is 42.6 Å². The van der Waals surface area contributed by atoms with Gasteiger partial charge in [0.15, 0.2) is 5.78 Å². The molecule has 152 valence electrons. The zero-order valence-electron chi connectivity index (χ0n) is 16.5. The summed E-state index contributed by atoms with van der Waals surface area (Å²) in [5.74, 6) is -2.03. The summed E-state index contributed by atoms with van der Waals surface area (Å²) in [5, 5.41) is 0. The average molecular weight is 389 g/mol. The predicted molar refractivity (Wildman–Crippen MR) is 97.7 cm³/mol. The molecular formula is C21H27NO6. The second-order valence-electron chi connectivity index (χ2n) is 9.04. The molecule has 1 saturated heterocycles. The Morgan fingerprint density at radius 1 is 1.29 bits per heavy atom. The molecule has 7 heteroatoms. The van der Waals surface area contributed by atoms with Gasteiger partial charge in [0.05, 0.1) is 37.5 Å². The molecule has 2 N–H and O–H groups in total. The number of rotatable bonds is 2. The standard InChI is InChI=1S/C21H27NO6/c1-20-6-4-12-19(25)28-15(11-5-7-27-10-11)9-21(12,2)17(20)16(23)14(22)8-13(20)18(24)26-3/h5,7,10,12-15,17H,4,6,8-9,22H2,1-3H3/t12?,13-,14+,15-,17?,20-,21-/m0/s1.